The maximum Gasteiger partial charge on any atom is 0.232 e. The SMILES string of the molecule is [O][SiH2]CO. The first kappa shape index (κ1) is 4.14. The Morgan fingerprint density at radius 2 is 2.25 bits per heavy atom. The van der Waals surface area contributed by atoms with Crippen molar-refractivity contribution in [2.45, 2.75) is 0 Å². The van der Waals surface area contributed by atoms with Gasteiger partial charge in [0.1, 0.15) is 0 Å². The van der Waals surface area contributed by atoms with Crippen molar-refractivity contribution in [2.24, 2.45) is 0 Å². The average Bonchev–Trinajstić information content (AvgIpc) is 1.37. The number of aliphatic hydroxyl groups is 1. The maximum atomic E-state index is 9.19. The molecule has 0 aliphatic carbocycles. The molecule has 0 saturated heterocycles. The van der Waals surface area contributed by atoms with Crippen molar-refractivity contribution in [3.05, 3.63) is 0 Å². The summed E-state index contributed by atoms with van der Waals surface area (Å²) >= 11 is 0. The van der Waals surface area contributed by atoms with Crippen LogP contribution >= 0.6 is 0 Å². The zero-order valence-electron chi connectivity index (χ0n) is 2.27. The lowest BCUT2D eigenvalue weighted by molar-refractivity contribution is 0.332. The minimum absolute atomic E-state index is 0.0972. The van der Waals surface area contributed by atoms with E-state index in [9.17, 15) is 4.80 Å². The minimum atomic E-state index is -1.27. The van der Waals surface area contributed by atoms with Gasteiger partial charge in [0.15, 0.2) is 0 Å². The van der Waals surface area contributed by atoms with Crippen LogP contribution in [0.3, 0.4) is 0 Å². The number of hydrogen-bond acceptors (Lipinski definition) is 1. The highest BCUT2D eigenvalue weighted by Crippen LogP contribution is 1.35. The van der Waals surface area contributed by atoms with Gasteiger partial charge in [-0.2, -0.15) is 0 Å². The first-order valence-corrected chi connectivity index (χ1v) is 2.68. The van der Waals surface area contributed by atoms with Gasteiger partial charge in [-0.3, -0.25) is 0 Å². The van der Waals surface area contributed by atoms with Crippen molar-refractivity contribution in [3.63, 3.8) is 0 Å². The van der Waals surface area contributed by atoms with Crippen LogP contribution < -0.4 is 0 Å². The lowest BCUT2D eigenvalue weighted by Gasteiger charge is -1.64. The molecule has 0 aromatic rings. The molecule has 0 aromatic heterocycles. The van der Waals surface area contributed by atoms with E-state index in [0.717, 1.165) is 0 Å². The molecule has 0 unspecified atom stereocenters. The molecule has 3 heteroatoms. The van der Waals surface area contributed by atoms with Gasteiger partial charge in [-0.05, 0) is 0 Å². The van der Waals surface area contributed by atoms with Crippen molar-refractivity contribution in [3.8, 4) is 0 Å². The highest BCUT2D eigenvalue weighted by Gasteiger charge is 1.65. The molecule has 0 saturated carbocycles. The Kier molecular flexibility index (Phi) is 3.24. The fourth-order valence-corrected chi connectivity index (χ4v) is 0. The zero-order valence-corrected chi connectivity index (χ0v) is 3.68. The molecule has 1 N–H and O–H groups in total. The molecule has 0 aliphatic rings. The van der Waals surface area contributed by atoms with Crippen molar-refractivity contribution in [2.75, 3.05) is 6.23 Å². The first-order chi connectivity index (χ1) is 1.91. The third-order valence-electron chi connectivity index (χ3n) is 0.0913. The predicted octanol–water partition coefficient (Wildman–Crippen LogP) is -1.55. The zero-order chi connectivity index (χ0) is 3.41. The van der Waals surface area contributed by atoms with Crippen LogP contribution in [0.25, 0.3) is 0 Å². The highest BCUT2D eigenvalue weighted by atomic mass is 28.2. The summed E-state index contributed by atoms with van der Waals surface area (Å²) in [5.41, 5.74) is 0. The van der Waals surface area contributed by atoms with Crippen LogP contribution in [0.1, 0.15) is 0 Å². The molecule has 0 aromatic carbocycles. The Balaban J connectivity index is 1.97. The van der Waals surface area contributed by atoms with E-state index in [2.05, 4.69) is 0 Å². The molecular weight excluding hydrogens is 72.1 g/mol. The predicted molar refractivity (Wildman–Crippen MR) is 16.3 cm³/mol. The smallest absolute Gasteiger partial charge is 0.232 e. The largest absolute Gasteiger partial charge is 0.397 e. The lowest BCUT2D eigenvalue weighted by atomic mass is 11.7. The van der Waals surface area contributed by atoms with Gasteiger partial charge < -0.3 is 9.90 Å². The minimum Gasteiger partial charge on any atom is -0.397 e. The third-order valence-corrected chi connectivity index (χ3v) is 0.274. The molecule has 0 rings (SSSR count). The quantitative estimate of drug-likeness (QED) is 0.378. The van der Waals surface area contributed by atoms with Crippen molar-refractivity contribution < 1.29 is 9.90 Å². The summed E-state index contributed by atoms with van der Waals surface area (Å²) in [5, 5.41) is 7.62. The van der Waals surface area contributed by atoms with Gasteiger partial charge in [-0.1, -0.05) is 0 Å². The van der Waals surface area contributed by atoms with Gasteiger partial charge >= 0.3 is 0 Å². The molecule has 0 atom stereocenters. The lowest BCUT2D eigenvalue weighted by Crippen LogP contribution is -1.89. The van der Waals surface area contributed by atoms with E-state index in [4.69, 9.17) is 5.11 Å². The molecule has 0 heterocycles. The molecule has 0 spiro atoms. The Morgan fingerprint density at radius 1 is 2.00 bits per heavy atom. The van der Waals surface area contributed by atoms with E-state index in [1.54, 1.807) is 0 Å². The van der Waals surface area contributed by atoms with E-state index in [1.165, 1.54) is 0 Å². The highest BCUT2D eigenvalue weighted by molar-refractivity contribution is 6.24. The van der Waals surface area contributed by atoms with E-state index in [-0.39, 0.29) is 6.23 Å². The summed E-state index contributed by atoms with van der Waals surface area (Å²) in [7, 11) is -1.27. The van der Waals surface area contributed by atoms with Crippen molar-refractivity contribution >= 4 is 9.76 Å². The van der Waals surface area contributed by atoms with Gasteiger partial charge in [0, 0.05) is 0 Å². The summed E-state index contributed by atoms with van der Waals surface area (Å²) < 4.78 is 0. The molecule has 25 valence electrons. The monoisotopic (exact) mass is 77.0 g/mol. The average molecular weight is 77.1 g/mol. The maximum absolute atomic E-state index is 9.19. The van der Waals surface area contributed by atoms with Crippen LogP contribution in [0.15, 0.2) is 0 Å². The molecule has 2 nitrogen and oxygen atoms in total. The first-order valence-electron chi connectivity index (χ1n) is 1.10. The molecule has 4 heavy (non-hydrogen) atoms. The third kappa shape index (κ3) is 2.14. The molecule has 0 bridgehead atoms. The van der Waals surface area contributed by atoms with E-state index in [1.807, 2.05) is 0 Å². The van der Waals surface area contributed by atoms with E-state index in [0.29, 0.717) is 0 Å². The Labute approximate surface area is 27.0 Å². The second-order valence-electron chi connectivity index (χ2n) is 0.428. The van der Waals surface area contributed by atoms with Gasteiger partial charge in [0.2, 0.25) is 9.76 Å². The van der Waals surface area contributed by atoms with Gasteiger partial charge in [-0.25, -0.2) is 0 Å². The number of hydrogen-bond donors (Lipinski definition) is 1. The van der Waals surface area contributed by atoms with Crippen molar-refractivity contribution in [1.82, 2.24) is 0 Å². The van der Waals surface area contributed by atoms with Crippen LogP contribution in [-0.4, -0.2) is 21.1 Å². The molecular formula is CH5O2Si. The summed E-state index contributed by atoms with van der Waals surface area (Å²) in [6.07, 6.45) is -0.0972. The van der Waals surface area contributed by atoms with Gasteiger partial charge in [0.25, 0.3) is 0 Å². The Hall–Kier alpha value is 0.137. The fraction of sp³-hybridized carbons (Fsp3) is 1.00. The normalized spacial score (nSPS) is 10.5. The van der Waals surface area contributed by atoms with Gasteiger partial charge in [-0.15, -0.1) is 0 Å². The topological polar surface area (TPSA) is 40.1 Å². The summed E-state index contributed by atoms with van der Waals surface area (Å²) in [6.45, 7) is 0. The molecule has 0 aliphatic heterocycles. The van der Waals surface area contributed by atoms with E-state index < -0.39 is 9.76 Å². The molecule has 0 fully saturated rings. The Morgan fingerprint density at radius 3 is 2.25 bits per heavy atom. The Bertz CT molecular complexity index is 8.00. The molecule has 0 amide bonds. The second-order valence-corrected chi connectivity index (χ2v) is 1.28. The van der Waals surface area contributed by atoms with Crippen LogP contribution in [0.5, 0.6) is 0 Å². The molecule has 1 radical (unpaired) electrons. The van der Waals surface area contributed by atoms with E-state index >= 15 is 0 Å². The second kappa shape index (κ2) is 3.14. The fourth-order valence-electron chi connectivity index (χ4n) is 0. The summed E-state index contributed by atoms with van der Waals surface area (Å²) in [6, 6.07) is 0. The summed E-state index contributed by atoms with van der Waals surface area (Å²) in [5.74, 6) is 0. The summed E-state index contributed by atoms with van der Waals surface area (Å²) in [4.78, 5) is 9.19. The number of rotatable bonds is 1. The van der Waals surface area contributed by atoms with Crippen LogP contribution in [0.4, 0.5) is 0 Å². The standard InChI is InChI=1S/CH5O2Si/c2-1-4-3/h2H,1,4H2. The van der Waals surface area contributed by atoms with Crippen LogP contribution in [0.2, 0.25) is 0 Å². The van der Waals surface area contributed by atoms with Crippen LogP contribution in [-0.2, 0) is 4.80 Å². The van der Waals surface area contributed by atoms with Crippen molar-refractivity contribution in [1.29, 1.82) is 0 Å². The van der Waals surface area contributed by atoms with Gasteiger partial charge in [0.05, 0.1) is 6.23 Å². The van der Waals surface area contributed by atoms with Crippen LogP contribution in [0, 0.1) is 0 Å². The number of aliphatic hydroxyl groups excluding tert-OH is 1.